The van der Waals surface area contributed by atoms with E-state index in [-0.39, 0.29) is 11.9 Å². The lowest BCUT2D eigenvalue weighted by atomic mass is 10.2. The van der Waals surface area contributed by atoms with Crippen LogP contribution in [0.2, 0.25) is 0 Å². The zero-order valence-corrected chi connectivity index (χ0v) is 11.0. The number of hydrogen-bond acceptors (Lipinski definition) is 4. The smallest absolute Gasteiger partial charge is 0.221 e. The van der Waals surface area contributed by atoms with Crippen LogP contribution in [-0.2, 0) is 4.79 Å². The molecule has 5 nitrogen and oxygen atoms in total. The predicted molar refractivity (Wildman–Crippen MR) is 70.9 cm³/mol. The summed E-state index contributed by atoms with van der Waals surface area (Å²) in [4.78, 5) is 21.6. The van der Waals surface area contributed by atoms with Crippen molar-refractivity contribution in [2.75, 3.05) is 20.1 Å². The normalized spacial score (nSPS) is 12.2. The van der Waals surface area contributed by atoms with Gasteiger partial charge in [0, 0.05) is 31.7 Å². The molecule has 1 heterocycles. The number of nitrogens with zero attached hydrogens (tertiary/aromatic N) is 3. The molecule has 1 aromatic heterocycles. The molecule has 98 valence electrons. The second-order valence-electron chi connectivity index (χ2n) is 4.13. The van der Waals surface area contributed by atoms with Crippen LogP contribution < -0.4 is 5.32 Å². The molecule has 1 rings (SSSR count). The van der Waals surface area contributed by atoms with Crippen molar-refractivity contribution in [2.45, 2.75) is 19.4 Å². The molecule has 0 spiro atoms. The van der Waals surface area contributed by atoms with E-state index in [0.29, 0.717) is 19.5 Å². The van der Waals surface area contributed by atoms with Crippen LogP contribution in [0.5, 0.6) is 0 Å². The zero-order valence-electron chi connectivity index (χ0n) is 11.0. The predicted octanol–water partition coefficient (Wildman–Crippen LogP) is 1.16. The highest BCUT2D eigenvalue weighted by molar-refractivity contribution is 5.76. The van der Waals surface area contributed by atoms with Crippen molar-refractivity contribution in [1.82, 2.24) is 20.2 Å². The number of carbonyl (C=O) groups excluding carboxylic acids is 1. The molecule has 18 heavy (non-hydrogen) atoms. The van der Waals surface area contributed by atoms with E-state index in [9.17, 15) is 4.79 Å². The summed E-state index contributed by atoms with van der Waals surface area (Å²) in [7, 11) is 1.98. The third-order valence-corrected chi connectivity index (χ3v) is 2.83. The van der Waals surface area contributed by atoms with Gasteiger partial charge in [0.25, 0.3) is 0 Å². The molecule has 0 saturated heterocycles. The molecule has 0 saturated carbocycles. The summed E-state index contributed by atoms with van der Waals surface area (Å²) in [6.07, 6.45) is 5.41. The molecule has 0 radical (unpaired) electrons. The molecule has 5 heteroatoms. The highest BCUT2D eigenvalue weighted by Gasteiger charge is 2.13. The summed E-state index contributed by atoms with van der Waals surface area (Å²) >= 11 is 0. The highest BCUT2D eigenvalue weighted by Crippen LogP contribution is 2.15. The Labute approximate surface area is 108 Å². The first-order valence-corrected chi connectivity index (χ1v) is 5.99. The minimum Gasteiger partial charge on any atom is -0.353 e. The Morgan fingerprint density at radius 3 is 3.06 bits per heavy atom. The van der Waals surface area contributed by atoms with Gasteiger partial charge in [-0.25, -0.2) is 9.97 Å². The molecule has 1 aromatic rings. The first-order chi connectivity index (χ1) is 8.65. The van der Waals surface area contributed by atoms with Gasteiger partial charge in [0.05, 0.1) is 5.69 Å². The third-order valence-electron chi connectivity index (χ3n) is 2.83. The van der Waals surface area contributed by atoms with Gasteiger partial charge in [0.2, 0.25) is 5.91 Å². The lowest BCUT2D eigenvalue weighted by Gasteiger charge is -2.23. The summed E-state index contributed by atoms with van der Waals surface area (Å²) in [5.74, 6) is 0.0386. The van der Waals surface area contributed by atoms with Crippen LogP contribution in [0.15, 0.2) is 31.2 Å². The topological polar surface area (TPSA) is 58.1 Å². The van der Waals surface area contributed by atoms with E-state index >= 15 is 0 Å². The average Bonchev–Trinajstić information content (AvgIpc) is 2.42. The molecule has 1 N–H and O–H groups in total. The maximum atomic E-state index is 11.5. The van der Waals surface area contributed by atoms with Gasteiger partial charge < -0.3 is 5.32 Å². The largest absolute Gasteiger partial charge is 0.353 e. The van der Waals surface area contributed by atoms with Crippen molar-refractivity contribution < 1.29 is 4.79 Å². The Bertz CT molecular complexity index is 380. The first-order valence-electron chi connectivity index (χ1n) is 5.99. The Hall–Kier alpha value is -1.75. The maximum absolute atomic E-state index is 11.5. The van der Waals surface area contributed by atoms with E-state index in [2.05, 4.69) is 33.7 Å². The van der Waals surface area contributed by atoms with E-state index in [1.54, 1.807) is 12.3 Å². The van der Waals surface area contributed by atoms with Crippen LogP contribution in [0, 0.1) is 0 Å². The highest BCUT2D eigenvalue weighted by atomic mass is 16.1. The first kappa shape index (κ1) is 14.3. The maximum Gasteiger partial charge on any atom is 0.221 e. The minimum atomic E-state index is 0.0386. The minimum absolute atomic E-state index is 0.0386. The molecule has 0 aromatic carbocycles. The SMILES string of the molecule is C=CCNC(=O)CCN(C)[C@H](C)c1ccncn1. The fourth-order valence-electron chi connectivity index (χ4n) is 1.52. The van der Waals surface area contributed by atoms with E-state index < -0.39 is 0 Å². The van der Waals surface area contributed by atoms with Crippen molar-refractivity contribution in [1.29, 1.82) is 0 Å². The summed E-state index contributed by atoms with van der Waals surface area (Å²) in [6, 6.07) is 2.05. The Balaban J connectivity index is 2.38. The number of aromatic nitrogens is 2. The Morgan fingerprint density at radius 2 is 2.44 bits per heavy atom. The number of amides is 1. The van der Waals surface area contributed by atoms with Crippen molar-refractivity contribution in [3.8, 4) is 0 Å². The second kappa shape index (κ2) is 7.55. The monoisotopic (exact) mass is 248 g/mol. The summed E-state index contributed by atoms with van der Waals surface area (Å²) < 4.78 is 0. The zero-order chi connectivity index (χ0) is 13.4. The van der Waals surface area contributed by atoms with Crippen molar-refractivity contribution in [3.63, 3.8) is 0 Å². The standard InChI is InChI=1S/C13H20N4O/c1-4-7-15-13(18)6-9-17(3)11(2)12-5-8-14-10-16-12/h4-5,8,10-11H,1,6-7,9H2,2-3H3,(H,15,18)/t11-/m1/s1. The number of nitrogens with one attached hydrogen (secondary N) is 1. The molecule has 0 aliphatic rings. The molecule has 0 fully saturated rings. The number of hydrogen-bond donors (Lipinski definition) is 1. The molecular weight excluding hydrogens is 228 g/mol. The van der Waals surface area contributed by atoms with Crippen LogP contribution in [0.4, 0.5) is 0 Å². The van der Waals surface area contributed by atoms with Gasteiger partial charge in [0.1, 0.15) is 6.33 Å². The summed E-state index contributed by atoms with van der Waals surface area (Å²) in [6.45, 7) is 6.82. The average molecular weight is 248 g/mol. The summed E-state index contributed by atoms with van der Waals surface area (Å²) in [5.41, 5.74) is 0.957. The van der Waals surface area contributed by atoms with E-state index in [4.69, 9.17) is 0 Å². The van der Waals surface area contributed by atoms with E-state index in [0.717, 1.165) is 5.69 Å². The van der Waals surface area contributed by atoms with Gasteiger partial charge in [-0.2, -0.15) is 0 Å². The van der Waals surface area contributed by atoms with Crippen LogP contribution >= 0.6 is 0 Å². The molecule has 0 aliphatic carbocycles. The van der Waals surface area contributed by atoms with Crippen molar-refractivity contribution in [2.24, 2.45) is 0 Å². The van der Waals surface area contributed by atoms with E-state index in [1.165, 1.54) is 6.33 Å². The lowest BCUT2D eigenvalue weighted by Crippen LogP contribution is -2.30. The van der Waals surface area contributed by atoms with Gasteiger partial charge in [0.15, 0.2) is 0 Å². The van der Waals surface area contributed by atoms with Crippen LogP contribution in [0.1, 0.15) is 25.1 Å². The number of rotatable bonds is 7. The van der Waals surface area contributed by atoms with Gasteiger partial charge in [-0.05, 0) is 20.0 Å². The van der Waals surface area contributed by atoms with Gasteiger partial charge in [-0.3, -0.25) is 9.69 Å². The fraction of sp³-hybridized carbons (Fsp3) is 0.462. The molecule has 0 aliphatic heterocycles. The van der Waals surface area contributed by atoms with Crippen LogP contribution in [0.25, 0.3) is 0 Å². The molecule has 1 atom stereocenters. The Kier molecular flexibility index (Phi) is 6.00. The van der Waals surface area contributed by atoms with Crippen LogP contribution in [-0.4, -0.2) is 40.9 Å². The van der Waals surface area contributed by atoms with Crippen molar-refractivity contribution in [3.05, 3.63) is 36.9 Å². The van der Waals surface area contributed by atoms with Crippen molar-refractivity contribution >= 4 is 5.91 Å². The molecule has 0 unspecified atom stereocenters. The molecular formula is C13H20N4O. The third kappa shape index (κ3) is 4.63. The van der Waals surface area contributed by atoms with Gasteiger partial charge >= 0.3 is 0 Å². The van der Waals surface area contributed by atoms with E-state index in [1.807, 2.05) is 13.1 Å². The number of carbonyl (C=O) groups is 1. The van der Waals surface area contributed by atoms with Gasteiger partial charge in [-0.1, -0.05) is 6.08 Å². The fourth-order valence-corrected chi connectivity index (χ4v) is 1.52. The second-order valence-corrected chi connectivity index (χ2v) is 4.13. The molecule has 1 amide bonds. The van der Waals surface area contributed by atoms with Crippen LogP contribution in [0.3, 0.4) is 0 Å². The summed E-state index contributed by atoms with van der Waals surface area (Å²) in [5, 5.41) is 2.76. The lowest BCUT2D eigenvalue weighted by molar-refractivity contribution is -0.121. The quantitative estimate of drug-likeness (QED) is 0.736. The molecule has 0 bridgehead atoms. The van der Waals surface area contributed by atoms with Gasteiger partial charge in [-0.15, -0.1) is 6.58 Å². The Morgan fingerprint density at radius 1 is 1.67 bits per heavy atom.